The Balaban J connectivity index is 1.51. The second-order valence-electron chi connectivity index (χ2n) is 11.9. The van der Waals surface area contributed by atoms with E-state index in [2.05, 4.69) is 104 Å². The van der Waals surface area contributed by atoms with Crippen LogP contribution in [0.4, 0.5) is 5.69 Å². The molecule has 40 heavy (non-hydrogen) atoms. The Morgan fingerprint density at radius 1 is 0.950 bits per heavy atom. The Morgan fingerprint density at radius 3 is 2.50 bits per heavy atom. The molecule has 0 radical (unpaired) electrons. The average molecular weight is 608 g/mol. The van der Waals surface area contributed by atoms with Crippen molar-refractivity contribution in [2.24, 2.45) is 5.41 Å². The summed E-state index contributed by atoms with van der Waals surface area (Å²) in [6.45, 7) is 11.4. The number of rotatable bonds is 10. The molecular weight excluding hydrogens is 565 g/mol. The van der Waals surface area contributed by atoms with E-state index >= 15 is 0 Å². The quantitative estimate of drug-likeness (QED) is 0.167. The number of hydrogen-bond acceptors (Lipinski definition) is 5. The maximum absolute atomic E-state index is 2.56. The van der Waals surface area contributed by atoms with E-state index in [9.17, 15) is 0 Å². The number of anilines is 1. The van der Waals surface area contributed by atoms with Crippen LogP contribution in [0.2, 0.25) is 0 Å². The van der Waals surface area contributed by atoms with Crippen molar-refractivity contribution in [1.29, 1.82) is 0 Å². The van der Waals surface area contributed by atoms with Crippen LogP contribution in [0.3, 0.4) is 0 Å². The van der Waals surface area contributed by atoms with Crippen molar-refractivity contribution in [2.45, 2.75) is 64.8 Å². The number of fused-ring (bicyclic) bond motifs is 2. The van der Waals surface area contributed by atoms with Gasteiger partial charge in [0.1, 0.15) is 4.70 Å². The molecular formula is C34H43N2S4+. The van der Waals surface area contributed by atoms with Crippen LogP contribution >= 0.6 is 46.6 Å². The third-order valence-corrected chi connectivity index (χ3v) is 11.2. The van der Waals surface area contributed by atoms with Crippen LogP contribution in [-0.2, 0) is 6.54 Å². The van der Waals surface area contributed by atoms with Gasteiger partial charge in [-0.05, 0) is 109 Å². The zero-order chi connectivity index (χ0) is 28.3. The van der Waals surface area contributed by atoms with Crippen LogP contribution in [0.5, 0.6) is 0 Å². The molecule has 1 aliphatic heterocycles. The maximum Gasteiger partial charge on any atom is 0.263 e. The number of aryl methyl sites for hydroxylation is 3. The summed E-state index contributed by atoms with van der Waals surface area (Å²) in [4.78, 5) is 3.96. The lowest BCUT2D eigenvalue weighted by molar-refractivity contribution is -0.668. The number of thioether (sulfide) groups is 3. The van der Waals surface area contributed by atoms with Gasteiger partial charge in [0.15, 0.2) is 6.54 Å². The normalized spacial score (nSPS) is 18.6. The third-order valence-electron chi connectivity index (χ3n) is 7.59. The Bertz CT molecular complexity index is 1460. The molecule has 0 unspecified atom stereocenters. The monoisotopic (exact) mass is 607 g/mol. The largest absolute Gasteiger partial charge is 0.335 e. The summed E-state index contributed by atoms with van der Waals surface area (Å²) >= 11 is 7.78. The lowest BCUT2D eigenvalue weighted by Crippen LogP contribution is -2.35. The van der Waals surface area contributed by atoms with Crippen molar-refractivity contribution in [2.75, 3.05) is 35.5 Å². The summed E-state index contributed by atoms with van der Waals surface area (Å²) in [5, 5.41) is 2.77. The van der Waals surface area contributed by atoms with Gasteiger partial charge in [0.2, 0.25) is 5.52 Å². The molecule has 212 valence electrons. The van der Waals surface area contributed by atoms with Gasteiger partial charge in [0.05, 0.1) is 10.7 Å². The van der Waals surface area contributed by atoms with E-state index in [-0.39, 0.29) is 5.41 Å². The molecule has 2 nitrogen and oxygen atoms in total. The molecule has 0 atom stereocenters. The molecule has 0 N–H and O–H groups in total. The fourth-order valence-electron chi connectivity index (χ4n) is 5.85. The fourth-order valence-corrected chi connectivity index (χ4v) is 9.21. The molecule has 0 saturated carbocycles. The second kappa shape index (κ2) is 13.1. The van der Waals surface area contributed by atoms with Crippen LogP contribution in [0.15, 0.2) is 69.6 Å². The van der Waals surface area contributed by atoms with Gasteiger partial charge in [-0.15, -0.1) is 0 Å². The molecule has 3 aromatic rings. The maximum atomic E-state index is 2.56. The molecule has 1 aliphatic carbocycles. The van der Waals surface area contributed by atoms with Crippen LogP contribution < -0.4 is 9.47 Å². The first-order valence-electron chi connectivity index (χ1n) is 14.4. The van der Waals surface area contributed by atoms with Gasteiger partial charge in [0.25, 0.3) is 5.01 Å². The summed E-state index contributed by atoms with van der Waals surface area (Å²) in [6, 6.07) is 13.9. The Labute approximate surface area is 258 Å². The van der Waals surface area contributed by atoms with Gasteiger partial charge in [-0.1, -0.05) is 55.2 Å². The summed E-state index contributed by atoms with van der Waals surface area (Å²) < 4.78 is 3.96. The molecule has 0 bridgehead atoms. The van der Waals surface area contributed by atoms with Crippen LogP contribution in [-0.4, -0.2) is 30.6 Å². The minimum Gasteiger partial charge on any atom is -0.335 e. The fraction of sp³-hybridized carbons (Fsp3) is 0.441. The molecule has 6 heteroatoms. The highest BCUT2D eigenvalue weighted by molar-refractivity contribution is 8.03. The van der Waals surface area contributed by atoms with Gasteiger partial charge in [-0.25, -0.2) is 0 Å². The Morgan fingerprint density at radius 2 is 1.70 bits per heavy atom. The first-order chi connectivity index (χ1) is 19.3. The number of benzene rings is 2. The summed E-state index contributed by atoms with van der Waals surface area (Å²) in [5.41, 5.74) is 8.57. The van der Waals surface area contributed by atoms with Gasteiger partial charge < -0.3 is 4.90 Å². The van der Waals surface area contributed by atoms with E-state index in [1.165, 1.54) is 77.5 Å². The third kappa shape index (κ3) is 7.06. The molecule has 0 saturated heterocycles. The first kappa shape index (κ1) is 29.9. The van der Waals surface area contributed by atoms with Gasteiger partial charge in [-0.2, -0.15) is 28.1 Å². The predicted molar refractivity (Wildman–Crippen MR) is 184 cm³/mol. The lowest BCUT2D eigenvalue weighted by atomic mass is 9.75. The zero-order valence-electron chi connectivity index (χ0n) is 24.9. The molecule has 2 aliphatic rings. The number of allylic oxidation sites excluding steroid dienone is 4. The minimum atomic E-state index is 0.236. The van der Waals surface area contributed by atoms with Crippen molar-refractivity contribution < 1.29 is 4.57 Å². The topological polar surface area (TPSA) is 7.12 Å². The van der Waals surface area contributed by atoms with E-state index in [0.29, 0.717) is 0 Å². The molecule has 0 amide bonds. The van der Waals surface area contributed by atoms with E-state index in [1.54, 1.807) is 0 Å². The summed E-state index contributed by atoms with van der Waals surface area (Å²) in [5.74, 6) is 2.40. The summed E-state index contributed by atoms with van der Waals surface area (Å²) in [7, 11) is 0. The highest BCUT2D eigenvalue weighted by Gasteiger charge is 2.29. The molecule has 1 aromatic heterocycles. The van der Waals surface area contributed by atoms with Crippen molar-refractivity contribution >= 4 is 68.6 Å². The smallest absolute Gasteiger partial charge is 0.263 e. The van der Waals surface area contributed by atoms with E-state index in [4.69, 9.17) is 0 Å². The molecule has 2 aromatic carbocycles. The molecule has 0 spiro atoms. The van der Waals surface area contributed by atoms with Crippen molar-refractivity contribution in [1.82, 2.24) is 0 Å². The highest BCUT2D eigenvalue weighted by Crippen LogP contribution is 2.48. The van der Waals surface area contributed by atoms with E-state index in [1.807, 2.05) is 46.6 Å². The molecule has 5 rings (SSSR count). The van der Waals surface area contributed by atoms with Crippen molar-refractivity contribution in [3.8, 4) is 0 Å². The first-order valence-corrected chi connectivity index (χ1v) is 18.8. The summed E-state index contributed by atoms with van der Waals surface area (Å²) in [6.07, 6.45) is 16.5. The predicted octanol–water partition coefficient (Wildman–Crippen LogP) is 9.90. The van der Waals surface area contributed by atoms with Crippen LogP contribution in [0.1, 0.15) is 55.7 Å². The minimum absolute atomic E-state index is 0.236. The lowest BCUT2D eigenvalue weighted by Gasteiger charge is -2.31. The Hall–Kier alpha value is -1.60. The number of nitrogens with zero attached hydrogens (tertiary/aromatic N) is 2. The van der Waals surface area contributed by atoms with Crippen LogP contribution in [0, 0.1) is 19.3 Å². The van der Waals surface area contributed by atoms with Crippen LogP contribution in [0.25, 0.3) is 16.3 Å². The Kier molecular flexibility index (Phi) is 9.82. The standard InChI is InChI=1S/C34H43N2S4/c1-24-9-11-28-30(17-24)39-32(35(28)13-7-15-37-5)20-26-19-27(23-34(3,4)22-26)21-33-36(14-8-16-38-6)29-12-10-25(2)18-31(29)40-33/h9-12,17-21H,7-8,13-16,22-23H2,1-6H3/q+1. The van der Waals surface area contributed by atoms with E-state index in [0.717, 1.165) is 25.9 Å². The average Bonchev–Trinajstić information content (AvgIpc) is 3.39. The zero-order valence-corrected chi connectivity index (χ0v) is 28.1. The number of hydrogen-bond donors (Lipinski definition) is 0. The van der Waals surface area contributed by atoms with Gasteiger partial charge >= 0.3 is 0 Å². The number of aromatic nitrogens is 1. The number of thiazole rings is 1. The van der Waals surface area contributed by atoms with Gasteiger partial charge in [-0.3, -0.25) is 0 Å². The van der Waals surface area contributed by atoms with Gasteiger partial charge in [0, 0.05) is 30.0 Å². The second-order valence-corrected chi connectivity index (χ2v) is 16.0. The van der Waals surface area contributed by atoms with Crippen molar-refractivity contribution in [3.05, 3.63) is 80.9 Å². The van der Waals surface area contributed by atoms with Crippen molar-refractivity contribution in [3.63, 3.8) is 0 Å². The molecule has 2 heterocycles. The molecule has 0 fully saturated rings. The highest BCUT2D eigenvalue weighted by atomic mass is 32.2. The van der Waals surface area contributed by atoms with E-state index < -0.39 is 0 Å². The SMILES string of the molecule is CSCCCN1C(=CC2=CC(=Cc3sc4cc(C)ccc4[n+]3CCCSC)CC(C)(C)C2)Sc2cc(C)ccc21.